The minimum atomic E-state index is -0.250. The maximum Gasteiger partial charge on any atom is 0.310 e. The van der Waals surface area contributed by atoms with E-state index in [1.807, 2.05) is 0 Å². The standard InChI is InChI=1S/C17H24O4/c1-20-16(18)14-11-4-5-12(8-11)15(14)17(19)21-13-7-9-2-3-10(13)6-9/h9-15H,2-8H2,1H3. The van der Waals surface area contributed by atoms with E-state index in [1.54, 1.807) is 0 Å². The summed E-state index contributed by atoms with van der Waals surface area (Å²) in [7, 11) is 1.42. The zero-order valence-corrected chi connectivity index (χ0v) is 12.6. The van der Waals surface area contributed by atoms with Gasteiger partial charge >= 0.3 is 11.9 Å². The summed E-state index contributed by atoms with van der Waals surface area (Å²) >= 11 is 0. The number of carbonyl (C=O) groups excluding carboxylic acids is 2. The molecule has 4 bridgehead atoms. The molecular weight excluding hydrogens is 268 g/mol. The van der Waals surface area contributed by atoms with Crippen molar-refractivity contribution in [3.63, 3.8) is 0 Å². The summed E-state index contributed by atoms with van der Waals surface area (Å²) < 4.78 is 10.8. The molecule has 0 amide bonds. The molecule has 0 aromatic heterocycles. The maximum absolute atomic E-state index is 12.7. The van der Waals surface area contributed by atoms with Crippen LogP contribution in [0.1, 0.15) is 44.9 Å². The third-order valence-electron chi connectivity index (χ3n) is 6.60. The number of methoxy groups -OCH3 is 1. The summed E-state index contributed by atoms with van der Waals surface area (Å²) in [6, 6.07) is 0. The van der Waals surface area contributed by atoms with Crippen molar-refractivity contribution >= 4 is 11.9 Å². The minimum absolute atomic E-state index is 0.116. The molecule has 4 heteroatoms. The largest absolute Gasteiger partial charge is 0.469 e. The molecule has 21 heavy (non-hydrogen) atoms. The maximum atomic E-state index is 12.7. The van der Waals surface area contributed by atoms with Crippen LogP contribution in [0.5, 0.6) is 0 Å². The predicted molar refractivity (Wildman–Crippen MR) is 75.2 cm³/mol. The fourth-order valence-electron chi connectivity index (χ4n) is 5.66. The molecule has 7 atom stereocenters. The molecule has 4 aliphatic rings. The van der Waals surface area contributed by atoms with E-state index in [-0.39, 0.29) is 29.9 Å². The SMILES string of the molecule is COC(=O)C1C2CCC(C2)C1C(=O)OC1CC2CCC1C2. The van der Waals surface area contributed by atoms with Crippen molar-refractivity contribution in [1.29, 1.82) is 0 Å². The summed E-state index contributed by atoms with van der Waals surface area (Å²) in [6.07, 6.45) is 8.02. The first-order valence-electron chi connectivity index (χ1n) is 8.45. The number of fused-ring (bicyclic) bond motifs is 4. The molecule has 0 aromatic carbocycles. The number of esters is 2. The van der Waals surface area contributed by atoms with Crippen molar-refractivity contribution in [3.8, 4) is 0 Å². The second-order valence-corrected chi connectivity index (χ2v) is 7.56. The molecule has 4 aliphatic carbocycles. The lowest BCUT2D eigenvalue weighted by molar-refractivity contribution is -0.167. The Bertz CT molecular complexity index is 460. The van der Waals surface area contributed by atoms with E-state index in [4.69, 9.17) is 9.47 Å². The molecule has 0 aliphatic heterocycles. The van der Waals surface area contributed by atoms with Crippen LogP contribution in [-0.2, 0) is 19.1 Å². The van der Waals surface area contributed by atoms with Gasteiger partial charge < -0.3 is 9.47 Å². The Morgan fingerprint density at radius 3 is 2.05 bits per heavy atom. The number of ether oxygens (including phenoxy) is 2. The average Bonchev–Trinajstić information content (AvgIpc) is 3.24. The highest BCUT2D eigenvalue weighted by molar-refractivity contribution is 5.83. The lowest BCUT2D eigenvalue weighted by Gasteiger charge is -2.30. The third kappa shape index (κ3) is 2.09. The van der Waals surface area contributed by atoms with Gasteiger partial charge in [0.2, 0.25) is 0 Å². The van der Waals surface area contributed by atoms with Crippen molar-refractivity contribution in [2.24, 2.45) is 35.5 Å². The Morgan fingerprint density at radius 1 is 0.810 bits per heavy atom. The quantitative estimate of drug-likeness (QED) is 0.750. The fraction of sp³-hybridized carbons (Fsp3) is 0.882. The van der Waals surface area contributed by atoms with Crippen molar-refractivity contribution in [2.45, 2.75) is 51.0 Å². The summed E-state index contributed by atoms with van der Waals surface area (Å²) in [5, 5.41) is 0. The van der Waals surface area contributed by atoms with Crippen LogP contribution in [0.3, 0.4) is 0 Å². The second-order valence-electron chi connectivity index (χ2n) is 7.56. The van der Waals surface area contributed by atoms with Gasteiger partial charge in [-0.1, -0.05) is 0 Å². The van der Waals surface area contributed by atoms with E-state index < -0.39 is 0 Å². The van der Waals surface area contributed by atoms with Crippen LogP contribution in [0, 0.1) is 35.5 Å². The summed E-state index contributed by atoms with van der Waals surface area (Å²) in [4.78, 5) is 24.7. The van der Waals surface area contributed by atoms with Crippen molar-refractivity contribution in [2.75, 3.05) is 7.11 Å². The predicted octanol–water partition coefficient (Wildman–Crippen LogP) is 2.55. The highest BCUT2D eigenvalue weighted by Gasteiger charge is 2.56. The molecule has 4 saturated carbocycles. The van der Waals surface area contributed by atoms with Gasteiger partial charge in [-0.2, -0.15) is 0 Å². The molecule has 0 saturated heterocycles. The van der Waals surface area contributed by atoms with Gasteiger partial charge in [0.1, 0.15) is 6.10 Å². The lowest BCUT2D eigenvalue weighted by atomic mass is 9.79. The van der Waals surface area contributed by atoms with Gasteiger partial charge in [-0.25, -0.2) is 0 Å². The number of hydrogen-bond donors (Lipinski definition) is 0. The first-order chi connectivity index (χ1) is 10.2. The molecule has 4 nitrogen and oxygen atoms in total. The first kappa shape index (κ1) is 13.6. The smallest absolute Gasteiger partial charge is 0.310 e. The zero-order valence-electron chi connectivity index (χ0n) is 12.6. The van der Waals surface area contributed by atoms with Crippen LogP contribution in [0.4, 0.5) is 0 Å². The topological polar surface area (TPSA) is 52.6 Å². The number of hydrogen-bond acceptors (Lipinski definition) is 4. The van der Waals surface area contributed by atoms with Gasteiger partial charge in [-0.05, 0) is 68.6 Å². The molecule has 0 aromatic rings. The van der Waals surface area contributed by atoms with Gasteiger partial charge in [0.05, 0.1) is 18.9 Å². The molecular formula is C17H24O4. The second kappa shape index (κ2) is 4.99. The van der Waals surface area contributed by atoms with Crippen LogP contribution in [-0.4, -0.2) is 25.2 Å². The van der Waals surface area contributed by atoms with E-state index in [2.05, 4.69) is 0 Å². The zero-order chi connectivity index (χ0) is 14.6. The molecule has 0 radical (unpaired) electrons. The van der Waals surface area contributed by atoms with E-state index in [1.165, 1.54) is 26.4 Å². The summed E-state index contributed by atoms with van der Waals surface area (Å²) in [5.74, 6) is 1.20. The van der Waals surface area contributed by atoms with E-state index in [0.29, 0.717) is 17.8 Å². The highest BCUT2D eigenvalue weighted by Crippen LogP contribution is 2.54. The van der Waals surface area contributed by atoms with Gasteiger partial charge in [0.25, 0.3) is 0 Å². The minimum Gasteiger partial charge on any atom is -0.469 e. The number of carbonyl (C=O) groups is 2. The van der Waals surface area contributed by atoms with Gasteiger partial charge in [-0.3, -0.25) is 9.59 Å². The van der Waals surface area contributed by atoms with Crippen LogP contribution < -0.4 is 0 Å². The van der Waals surface area contributed by atoms with Crippen LogP contribution in [0.2, 0.25) is 0 Å². The molecule has 116 valence electrons. The molecule has 7 unspecified atom stereocenters. The van der Waals surface area contributed by atoms with Crippen molar-refractivity contribution < 1.29 is 19.1 Å². The lowest BCUT2D eigenvalue weighted by Crippen LogP contribution is -2.38. The molecule has 4 fully saturated rings. The Labute approximate surface area is 125 Å². The molecule has 4 rings (SSSR count). The third-order valence-corrected chi connectivity index (χ3v) is 6.60. The molecule has 0 spiro atoms. The summed E-state index contributed by atoms with van der Waals surface area (Å²) in [5.41, 5.74) is 0. The number of rotatable bonds is 3. The van der Waals surface area contributed by atoms with Gasteiger partial charge in [-0.15, -0.1) is 0 Å². The van der Waals surface area contributed by atoms with Gasteiger partial charge in [0.15, 0.2) is 0 Å². The van der Waals surface area contributed by atoms with Gasteiger partial charge in [0, 0.05) is 0 Å². The van der Waals surface area contributed by atoms with Crippen LogP contribution >= 0.6 is 0 Å². The summed E-state index contributed by atoms with van der Waals surface area (Å²) in [6.45, 7) is 0. The van der Waals surface area contributed by atoms with E-state index in [9.17, 15) is 9.59 Å². The molecule has 0 heterocycles. The Morgan fingerprint density at radius 2 is 1.48 bits per heavy atom. The normalized spacial score (nSPS) is 46.8. The molecule has 0 N–H and O–H groups in total. The van der Waals surface area contributed by atoms with E-state index >= 15 is 0 Å². The van der Waals surface area contributed by atoms with Crippen LogP contribution in [0.25, 0.3) is 0 Å². The fourth-order valence-corrected chi connectivity index (χ4v) is 5.66. The van der Waals surface area contributed by atoms with Crippen molar-refractivity contribution in [1.82, 2.24) is 0 Å². The average molecular weight is 292 g/mol. The van der Waals surface area contributed by atoms with Crippen molar-refractivity contribution in [3.05, 3.63) is 0 Å². The van der Waals surface area contributed by atoms with Crippen LogP contribution in [0.15, 0.2) is 0 Å². The highest BCUT2D eigenvalue weighted by atomic mass is 16.5. The first-order valence-corrected chi connectivity index (χ1v) is 8.45. The monoisotopic (exact) mass is 292 g/mol. The Kier molecular flexibility index (Phi) is 3.23. The van der Waals surface area contributed by atoms with E-state index in [0.717, 1.165) is 31.6 Å². The Hall–Kier alpha value is -1.06. The Balaban J connectivity index is 1.46.